The number of rotatable bonds is 4. The first-order chi connectivity index (χ1) is 13.0. The Bertz CT molecular complexity index is 1050. The van der Waals surface area contributed by atoms with Gasteiger partial charge in [-0.05, 0) is 31.2 Å². The van der Waals surface area contributed by atoms with Gasteiger partial charge in [-0.2, -0.15) is 4.31 Å². The van der Waals surface area contributed by atoms with Gasteiger partial charge in [-0.25, -0.2) is 13.4 Å². The minimum atomic E-state index is -3.45. The van der Waals surface area contributed by atoms with E-state index in [1.54, 1.807) is 34.9 Å². The van der Waals surface area contributed by atoms with Gasteiger partial charge in [0.15, 0.2) is 5.13 Å². The number of anilines is 1. The smallest absolute Gasteiger partial charge is 0.243 e. The third kappa shape index (κ3) is 3.40. The van der Waals surface area contributed by atoms with Crippen molar-refractivity contribution < 1.29 is 13.2 Å². The topological polar surface area (TPSA) is 62.7 Å². The maximum absolute atomic E-state index is 12.8. The molecule has 0 radical (unpaired) electrons. The quantitative estimate of drug-likeness (QED) is 0.670. The summed E-state index contributed by atoms with van der Waals surface area (Å²) in [5, 5.41) is 0.905. The van der Waals surface area contributed by atoms with E-state index in [9.17, 15) is 8.42 Å². The zero-order chi connectivity index (χ0) is 19.0. The molecule has 2 aromatic carbocycles. The van der Waals surface area contributed by atoms with Crippen molar-refractivity contribution in [3.8, 4) is 5.75 Å². The summed E-state index contributed by atoms with van der Waals surface area (Å²) < 4.78 is 33.7. The third-order valence-electron chi connectivity index (χ3n) is 4.76. The van der Waals surface area contributed by atoms with Crippen LogP contribution in [-0.2, 0) is 10.0 Å². The van der Waals surface area contributed by atoms with Gasteiger partial charge in [-0.3, -0.25) is 0 Å². The molecule has 1 aliphatic rings. The van der Waals surface area contributed by atoms with Gasteiger partial charge in [0.25, 0.3) is 0 Å². The fourth-order valence-corrected chi connectivity index (χ4v) is 5.65. The van der Waals surface area contributed by atoms with Crippen LogP contribution in [0.3, 0.4) is 0 Å². The number of methoxy groups -OCH3 is 1. The van der Waals surface area contributed by atoms with E-state index >= 15 is 0 Å². The molecule has 0 spiro atoms. The van der Waals surface area contributed by atoms with Crippen LogP contribution >= 0.6 is 11.3 Å². The Morgan fingerprint density at radius 1 is 1.04 bits per heavy atom. The molecule has 0 atom stereocenters. The Hall–Kier alpha value is -2.16. The minimum Gasteiger partial charge on any atom is -0.494 e. The average molecular weight is 404 g/mol. The molecule has 142 valence electrons. The summed E-state index contributed by atoms with van der Waals surface area (Å²) >= 11 is 1.61. The Morgan fingerprint density at radius 3 is 2.41 bits per heavy atom. The van der Waals surface area contributed by atoms with Gasteiger partial charge in [-0.15, -0.1) is 0 Å². The second-order valence-electron chi connectivity index (χ2n) is 6.51. The number of aryl methyl sites for hydroxylation is 1. The van der Waals surface area contributed by atoms with E-state index in [4.69, 9.17) is 9.72 Å². The van der Waals surface area contributed by atoms with Gasteiger partial charge < -0.3 is 9.64 Å². The Labute approximate surface area is 163 Å². The standard InChI is InChI=1S/C19H21N3O3S2/c1-14-6-8-15(9-7-14)27(23,24)22-12-10-21(11-13-22)19-20-18-16(25-2)4-3-5-17(18)26-19/h3-9H,10-13H2,1-2H3. The Balaban J connectivity index is 1.51. The molecule has 0 aliphatic carbocycles. The van der Waals surface area contributed by atoms with Crippen LogP contribution < -0.4 is 9.64 Å². The highest BCUT2D eigenvalue weighted by Crippen LogP contribution is 2.34. The second kappa shape index (κ2) is 7.10. The molecule has 8 heteroatoms. The van der Waals surface area contributed by atoms with Gasteiger partial charge in [0, 0.05) is 26.2 Å². The molecule has 6 nitrogen and oxygen atoms in total. The molecule has 0 N–H and O–H groups in total. The molecule has 0 amide bonds. The Kier molecular flexibility index (Phi) is 4.79. The van der Waals surface area contributed by atoms with Gasteiger partial charge in [0.1, 0.15) is 11.3 Å². The molecule has 2 heterocycles. The normalized spacial score (nSPS) is 16.0. The number of para-hydroxylation sites is 1. The maximum Gasteiger partial charge on any atom is 0.243 e. The van der Waals surface area contributed by atoms with Gasteiger partial charge in [0.05, 0.1) is 16.7 Å². The van der Waals surface area contributed by atoms with E-state index in [2.05, 4.69) is 4.90 Å². The summed E-state index contributed by atoms with van der Waals surface area (Å²) in [7, 11) is -1.81. The highest BCUT2D eigenvalue weighted by molar-refractivity contribution is 7.89. The number of thiazole rings is 1. The lowest BCUT2D eigenvalue weighted by Crippen LogP contribution is -2.48. The summed E-state index contributed by atoms with van der Waals surface area (Å²) in [6.07, 6.45) is 0. The van der Waals surface area contributed by atoms with Crippen LogP contribution in [0.1, 0.15) is 5.56 Å². The minimum absolute atomic E-state index is 0.353. The molecule has 0 saturated carbocycles. The molecular formula is C19H21N3O3S2. The van der Waals surface area contributed by atoms with Crippen LogP contribution in [0.25, 0.3) is 10.2 Å². The Morgan fingerprint density at radius 2 is 1.74 bits per heavy atom. The molecule has 4 rings (SSSR count). The van der Waals surface area contributed by atoms with Crippen LogP contribution in [0.15, 0.2) is 47.4 Å². The lowest BCUT2D eigenvalue weighted by molar-refractivity contribution is 0.384. The van der Waals surface area contributed by atoms with E-state index in [0.717, 1.165) is 26.7 Å². The first kappa shape index (κ1) is 18.2. The lowest BCUT2D eigenvalue weighted by atomic mass is 10.2. The van der Waals surface area contributed by atoms with E-state index < -0.39 is 10.0 Å². The highest BCUT2D eigenvalue weighted by atomic mass is 32.2. The molecule has 0 bridgehead atoms. The summed E-state index contributed by atoms with van der Waals surface area (Å²) in [6, 6.07) is 12.9. The summed E-state index contributed by atoms with van der Waals surface area (Å²) in [5.74, 6) is 0.760. The molecule has 27 heavy (non-hydrogen) atoms. The molecule has 0 unspecified atom stereocenters. The van der Waals surface area contributed by atoms with Gasteiger partial charge >= 0.3 is 0 Å². The summed E-state index contributed by atoms with van der Waals surface area (Å²) in [4.78, 5) is 7.21. The molecule has 1 saturated heterocycles. The summed E-state index contributed by atoms with van der Waals surface area (Å²) in [6.45, 7) is 4.08. The monoisotopic (exact) mass is 403 g/mol. The number of ether oxygens (including phenoxy) is 1. The summed E-state index contributed by atoms with van der Waals surface area (Å²) in [5.41, 5.74) is 1.90. The number of benzene rings is 2. The zero-order valence-corrected chi connectivity index (χ0v) is 16.9. The van der Waals surface area contributed by atoms with E-state index in [-0.39, 0.29) is 0 Å². The van der Waals surface area contributed by atoms with Crippen LogP contribution in [-0.4, -0.2) is 51.0 Å². The second-order valence-corrected chi connectivity index (χ2v) is 9.45. The number of nitrogens with zero attached hydrogens (tertiary/aromatic N) is 3. The maximum atomic E-state index is 12.8. The fraction of sp³-hybridized carbons (Fsp3) is 0.316. The number of sulfonamides is 1. The van der Waals surface area contributed by atoms with E-state index in [1.807, 2.05) is 37.3 Å². The number of hydrogen-bond donors (Lipinski definition) is 0. The van der Waals surface area contributed by atoms with Crippen LogP contribution in [0, 0.1) is 6.92 Å². The van der Waals surface area contributed by atoms with Crippen LogP contribution in [0.4, 0.5) is 5.13 Å². The predicted molar refractivity (Wildman–Crippen MR) is 108 cm³/mol. The zero-order valence-electron chi connectivity index (χ0n) is 15.3. The van der Waals surface area contributed by atoms with Crippen molar-refractivity contribution in [1.82, 2.24) is 9.29 Å². The van der Waals surface area contributed by atoms with E-state index in [1.165, 1.54) is 0 Å². The fourth-order valence-electron chi connectivity index (χ4n) is 3.19. The molecule has 3 aromatic rings. The largest absolute Gasteiger partial charge is 0.494 e. The predicted octanol–water partition coefficient (Wildman–Crippen LogP) is 3.12. The van der Waals surface area contributed by atoms with Crippen molar-refractivity contribution in [1.29, 1.82) is 0 Å². The van der Waals surface area contributed by atoms with E-state index in [0.29, 0.717) is 31.1 Å². The first-order valence-electron chi connectivity index (χ1n) is 8.74. The van der Waals surface area contributed by atoms with Crippen molar-refractivity contribution >= 4 is 36.7 Å². The van der Waals surface area contributed by atoms with Crippen molar-refractivity contribution in [3.63, 3.8) is 0 Å². The highest BCUT2D eigenvalue weighted by Gasteiger charge is 2.29. The van der Waals surface area contributed by atoms with Gasteiger partial charge in [0.2, 0.25) is 10.0 Å². The van der Waals surface area contributed by atoms with Crippen molar-refractivity contribution in [2.45, 2.75) is 11.8 Å². The SMILES string of the molecule is COc1cccc2sc(N3CCN(S(=O)(=O)c4ccc(C)cc4)CC3)nc12. The average Bonchev–Trinajstić information content (AvgIpc) is 3.13. The molecule has 1 aliphatic heterocycles. The van der Waals surface area contributed by atoms with Crippen molar-refractivity contribution in [2.24, 2.45) is 0 Å². The van der Waals surface area contributed by atoms with Gasteiger partial charge in [-0.1, -0.05) is 35.1 Å². The number of fused-ring (bicyclic) bond motifs is 1. The lowest BCUT2D eigenvalue weighted by Gasteiger charge is -2.33. The number of aromatic nitrogens is 1. The van der Waals surface area contributed by atoms with Crippen LogP contribution in [0.5, 0.6) is 5.75 Å². The number of hydrogen-bond acceptors (Lipinski definition) is 6. The molecule has 1 fully saturated rings. The third-order valence-corrected chi connectivity index (χ3v) is 7.75. The molecular weight excluding hydrogens is 382 g/mol. The van der Waals surface area contributed by atoms with Crippen LogP contribution in [0.2, 0.25) is 0 Å². The first-order valence-corrected chi connectivity index (χ1v) is 11.0. The van der Waals surface area contributed by atoms with Crippen molar-refractivity contribution in [3.05, 3.63) is 48.0 Å². The molecule has 1 aromatic heterocycles. The van der Waals surface area contributed by atoms with Crippen molar-refractivity contribution in [2.75, 3.05) is 38.2 Å². The number of piperazine rings is 1.